The van der Waals surface area contributed by atoms with Gasteiger partial charge >= 0.3 is 0 Å². The lowest BCUT2D eigenvalue weighted by Gasteiger charge is -2.21. The summed E-state index contributed by atoms with van der Waals surface area (Å²) in [7, 11) is 2.11. The van der Waals surface area contributed by atoms with Crippen LogP contribution >= 0.6 is 15.9 Å². The Morgan fingerprint density at radius 2 is 1.88 bits per heavy atom. The number of anilines is 2. The molecule has 0 amide bonds. The molecule has 1 rings (SSSR count). The summed E-state index contributed by atoms with van der Waals surface area (Å²) < 4.78 is 1.04. The first kappa shape index (κ1) is 14.4. The van der Waals surface area contributed by atoms with E-state index in [0.717, 1.165) is 22.4 Å². The molecule has 96 valence electrons. The third kappa shape index (κ3) is 4.99. The maximum absolute atomic E-state index is 6.00. The Bertz CT molecular complexity index is 339. The number of halogens is 1. The molecule has 0 saturated carbocycles. The molecule has 3 heteroatoms. The topological polar surface area (TPSA) is 29.3 Å². The molecule has 0 aliphatic rings. The highest BCUT2D eigenvalue weighted by Crippen LogP contribution is 2.26. The van der Waals surface area contributed by atoms with Crippen molar-refractivity contribution >= 4 is 27.3 Å². The number of rotatable bonds is 7. The van der Waals surface area contributed by atoms with Crippen molar-refractivity contribution in [2.24, 2.45) is 0 Å². The number of nitrogens with zero attached hydrogens (tertiary/aromatic N) is 1. The average Bonchev–Trinajstić information content (AvgIpc) is 2.28. The fourth-order valence-electron chi connectivity index (χ4n) is 1.95. The van der Waals surface area contributed by atoms with E-state index < -0.39 is 0 Å². The van der Waals surface area contributed by atoms with Crippen LogP contribution in [0.4, 0.5) is 11.4 Å². The Morgan fingerprint density at radius 1 is 1.18 bits per heavy atom. The van der Waals surface area contributed by atoms with Gasteiger partial charge in [0.1, 0.15) is 0 Å². The van der Waals surface area contributed by atoms with Crippen LogP contribution in [0, 0.1) is 0 Å². The molecule has 0 unspecified atom stereocenters. The number of hydrogen-bond acceptors (Lipinski definition) is 2. The molecule has 0 atom stereocenters. The predicted molar refractivity (Wildman–Crippen MR) is 80.6 cm³/mol. The Hall–Kier alpha value is -0.700. The monoisotopic (exact) mass is 298 g/mol. The van der Waals surface area contributed by atoms with Gasteiger partial charge in [0.05, 0.1) is 11.4 Å². The highest BCUT2D eigenvalue weighted by atomic mass is 79.9. The molecule has 0 bridgehead atoms. The standard InChI is InChI=1S/C14H23BrN2/c1-3-4-5-6-7-10-17(2)14-9-8-12(15)11-13(14)16/h8-9,11H,3-7,10,16H2,1-2H3. The van der Waals surface area contributed by atoms with Crippen molar-refractivity contribution in [2.45, 2.75) is 39.0 Å². The van der Waals surface area contributed by atoms with Crippen molar-refractivity contribution in [3.63, 3.8) is 0 Å². The maximum atomic E-state index is 6.00. The van der Waals surface area contributed by atoms with Gasteiger partial charge in [-0.15, -0.1) is 0 Å². The summed E-state index contributed by atoms with van der Waals surface area (Å²) in [6.07, 6.45) is 6.56. The highest BCUT2D eigenvalue weighted by molar-refractivity contribution is 9.10. The van der Waals surface area contributed by atoms with Crippen LogP contribution in [0.25, 0.3) is 0 Å². The molecule has 0 saturated heterocycles. The fourth-order valence-corrected chi connectivity index (χ4v) is 2.32. The van der Waals surface area contributed by atoms with Gasteiger partial charge in [0, 0.05) is 18.1 Å². The Labute approximate surface area is 113 Å². The minimum Gasteiger partial charge on any atom is -0.397 e. The summed E-state index contributed by atoms with van der Waals surface area (Å²) in [6.45, 7) is 3.32. The van der Waals surface area contributed by atoms with E-state index in [1.165, 1.54) is 32.1 Å². The van der Waals surface area contributed by atoms with Crippen molar-refractivity contribution in [2.75, 3.05) is 24.2 Å². The van der Waals surface area contributed by atoms with Gasteiger partial charge < -0.3 is 10.6 Å². The first-order valence-corrected chi connectivity index (χ1v) is 7.20. The molecule has 1 aromatic carbocycles. The van der Waals surface area contributed by atoms with Crippen LogP contribution in [0.2, 0.25) is 0 Å². The van der Waals surface area contributed by atoms with Crippen LogP contribution in [0.5, 0.6) is 0 Å². The van der Waals surface area contributed by atoms with Gasteiger partial charge in [-0.05, 0) is 24.6 Å². The van der Waals surface area contributed by atoms with Crippen LogP contribution in [0.15, 0.2) is 22.7 Å². The maximum Gasteiger partial charge on any atom is 0.0598 e. The van der Waals surface area contributed by atoms with E-state index in [2.05, 4.69) is 40.9 Å². The number of unbranched alkanes of at least 4 members (excludes halogenated alkanes) is 4. The normalized spacial score (nSPS) is 10.5. The second kappa shape index (κ2) is 7.59. The minimum atomic E-state index is 0.843. The Morgan fingerprint density at radius 3 is 2.53 bits per heavy atom. The van der Waals surface area contributed by atoms with Gasteiger partial charge in [-0.1, -0.05) is 48.5 Å². The molecule has 0 heterocycles. The molecule has 0 fully saturated rings. The molecule has 17 heavy (non-hydrogen) atoms. The summed E-state index contributed by atoms with van der Waals surface area (Å²) in [4.78, 5) is 2.24. The second-order valence-electron chi connectivity index (χ2n) is 4.54. The van der Waals surface area contributed by atoms with Crippen LogP contribution in [-0.4, -0.2) is 13.6 Å². The molecule has 0 aromatic heterocycles. The first-order chi connectivity index (χ1) is 8.15. The second-order valence-corrected chi connectivity index (χ2v) is 5.45. The highest BCUT2D eigenvalue weighted by Gasteiger charge is 2.05. The quantitative estimate of drug-likeness (QED) is 0.596. The molecular weight excluding hydrogens is 276 g/mol. The van der Waals surface area contributed by atoms with Crippen LogP contribution in [0.3, 0.4) is 0 Å². The fraction of sp³-hybridized carbons (Fsp3) is 0.571. The van der Waals surface area contributed by atoms with Gasteiger partial charge in [-0.3, -0.25) is 0 Å². The molecule has 0 radical (unpaired) electrons. The van der Waals surface area contributed by atoms with Crippen molar-refractivity contribution in [3.8, 4) is 0 Å². The Balaban J connectivity index is 2.38. The number of benzene rings is 1. The average molecular weight is 299 g/mol. The van der Waals surface area contributed by atoms with Gasteiger partial charge in [0.2, 0.25) is 0 Å². The van der Waals surface area contributed by atoms with Crippen molar-refractivity contribution in [1.82, 2.24) is 0 Å². The number of hydrogen-bond donors (Lipinski definition) is 1. The third-order valence-electron chi connectivity index (χ3n) is 3.00. The van der Waals surface area contributed by atoms with Gasteiger partial charge in [-0.2, -0.15) is 0 Å². The zero-order chi connectivity index (χ0) is 12.7. The summed E-state index contributed by atoms with van der Waals surface area (Å²) in [6, 6.07) is 6.08. The lowest BCUT2D eigenvalue weighted by Crippen LogP contribution is -2.19. The van der Waals surface area contributed by atoms with Crippen LogP contribution < -0.4 is 10.6 Å². The zero-order valence-electron chi connectivity index (χ0n) is 10.9. The lowest BCUT2D eigenvalue weighted by atomic mass is 10.1. The van der Waals surface area contributed by atoms with Gasteiger partial charge in [0.25, 0.3) is 0 Å². The van der Waals surface area contributed by atoms with E-state index in [1.807, 2.05) is 12.1 Å². The third-order valence-corrected chi connectivity index (χ3v) is 3.49. The van der Waals surface area contributed by atoms with E-state index in [0.29, 0.717) is 0 Å². The van der Waals surface area contributed by atoms with Crippen molar-refractivity contribution in [3.05, 3.63) is 22.7 Å². The van der Waals surface area contributed by atoms with E-state index in [4.69, 9.17) is 5.73 Å². The van der Waals surface area contributed by atoms with E-state index in [9.17, 15) is 0 Å². The van der Waals surface area contributed by atoms with E-state index >= 15 is 0 Å². The molecule has 0 aliphatic carbocycles. The lowest BCUT2D eigenvalue weighted by molar-refractivity contribution is 0.629. The molecule has 2 N–H and O–H groups in total. The molecule has 0 spiro atoms. The SMILES string of the molecule is CCCCCCCN(C)c1ccc(Br)cc1N. The molecule has 0 aliphatic heterocycles. The smallest absolute Gasteiger partial charge is 0.0598 e. The Kier molecular flexibility index (Phi) is 6.41. The van der Waals surface area contributed by atoms with Gasteiger partial charge in [0.15, 0.2) is 0 Å². The zero-order valence-corrected chi connectivity index (χ0v) is 12.5. The van der Waals surface area contributed by atoms with Gasteiger partial charge in [-0.25, -0.2) is 0 Å². The first-order valence-electron chi connectivity index (χ1n) is 6.41. The molecular formula is C14H23BrN2. The largest absolute Gasteiger partial charge is 0.397 e. The van der Waals surface area contributed by atoms with Crippen molar-refractivity contribution < 1.29 is 0 Å². The predicted octanol–water partition coefficient (Wildman–Crippen LogP) is 4.44. The minimum absolute atomic E-state index is 0.843. The number of nitrogens with two attached hydrogens (primary N) is 1. The van der Waals surface area contributed by atoms with Crippen LogP contribution in [0.1, 0.15) is 39.0 Å². The molecule has 1 aromatic rings. The summed E-state index contributed by atoms with van der Waals surface area (Å²) in [5.41, 5.74) is 7.97. The van der Waals surface area contributed by atoms with Crippen LogP contribution in [-0.2, 0) is 0 Å². The summed E-state index contributed by atoms with van der Waals surface area (Å²) in [5, 5.41) is 0. The van der Waals surface area contributed by atoms with Crippen molar-refractivity contribution in [1.29, 1.82) is 0 Å². The summed E-state index contributed by atoms with van der Waals surface area (Å²) >= 11 is 3.43. The molecule has 2 nitrogen and oxygen atoms in total. The summed E-state index contributed by atoms with van der Waals surface area (Å²) in [5.74, 6) is 0. The number of nitrogen functional groups attached to an aromatic ring is 1. The van der Waals surface area contributed by atoms with E-state index in [1.54, 1.807) is 0 Å². The van der Waals surface area contributed by atoms with E-state index in [-0.39, 0.29) is 0 Å².